The van der Waals surface area contributed by atoms with E-state index in [1.807, 2.05) is 0 Å². The quantitative estimate of drug-likeness (QED) is 0.133. The van der Waals surface area contributed by atoms with E-state index in [1.165, 1.54) is 122 Å². The largest absolute Gasteiger partial charge is 0.0713 e. The molecule has 0 bridgehead atoms. The van der Waals surface area contributed by atoms with Crippen molar-refractivity contribution in [2.45, 2.75) is 5.41 Å². The van der Waals surface area contributed by atoms with Gasteiger partial charge in [0.25, 0.3) is 0 Å². The molecular formula is C69H46. The first-order valence-corrected chi connectivity index (χ1v) is 24.0. The number of fused-ring (bicyclic) bond motifs is 5. The lowest BCUT2D eigenvalue weighted by molar-refractivity contribution is 0.769. The van der Waals surface area contributed by atoms with Crippen LogP contribution in [0.4, 0.5) is 0 Å². The smallest absolute Gasteiger partial charge is 0.0622 e. The molecule has 0 heterocycles. The second kappa shape index (κ2) is 16.8. The highest BCUT2D eigenvalue weighted by molar-refractivity contribution is 6.21. The summed E-state index contributed by atoms with van der Waals surface area (Å²) in [5.74, 6) is 0. The van der Waals surface area contributed by atoms with E-state index in [9.17, 15) is 0 Å². The molecule has 1 atom stereocenters. The first kappa shape index (κ1) is 40.4. The molecule has 0 fully saturated rings. The van der Waals surface area contributed by atoms with Gasteiger partial charge in [-0.05, 0) is 152 Å². The number of hydrogen-bond acceptors (Lipinski definition) is 0. The molecule has 13 rings (SSSR count). The minimum absolute atomic E-state index is 0.552. The molecule has 1 aliphatic carbocycles. The van der Waals surface area contributed by atoms with Crippen molar-refractivity contribution < 1.29 is 0 Å². The van der Waals surface area contributed by atoms with E-state index < -0.39 is 5.41 Å². The standard InChI is InChI=1S/C69H46/c1-5-20-47(21-6-1)52-26-19-29-58(45-52)69(57-27-11-4-12-28-57)65-35-18-17-30-59(65)60-41-40-53(46-66(60)69)68-63-33-15-13-31-61(63)67(62-32-14-16-34-64(62)68)51-38-36-50(37-39-51)56-43-54(48-22-7-2-8-23-48)42-55(44-56)49-24-9-3-10-25-49/h1-46H. The predicted molar refractivity (Wildman–Crippen MR) is 291 cm³/mol. The van der Waals surface area contributed by atoms with Gasteiger partial charge in [0.15, 0.2) is 0 Å². The van der Waals surface area contributed by atoms with Crippen molar-refractivity contribution in [2.24, 2.45) is 0 Å². The molecule has 322 valence electrons. The summed E-state index contributed by atoms with van der Waals surface area (Å²) < 4.78 is 0. The van der Waals surface area contributed by atoms with Crippen LogP contribution in [0.1, 0.15) is 22.3 Å². The van der Waals surface area contributed by atoms with Crippen molar-refractivity contribution in [1.29, 1.82) is 0 Å². The molecule has 0 radical (unpaired) electrons. The van der Waals surface area contributed by atoms with Crippen molar-refractivity contribution in [3.63, 3.8) is 0 Å². The second-order valence-corrected chi connectivity index (χ2v) is 18.3. The maximum Gasteiger partial charge on any atom is 0.0713 e. The molecule has 1 aliphatic rings. The molecular weight excluding hydrogens is 829 g/mol. The third kappa shape index (κ3) is 6.75. The minimum Gasteiger partial charge on any atom is -0.0622 e. The molecule has 0 aliphatic heterocycles. The van der Waals surface area contributed by atoms with Gasteiger partial charge >= 0.3 is 0 Å². The Morgan fingerprint density at radius 2 is 0.565 bits per heavy atom. The van der Waals surface area contributed by atoms with Gasteiger partial charge in [0.05, 0.1) is 5.41 Å². The van der Waals surface area contributed by atoms with E-state index in [0.29, 0.717) is 0 Å². The van der Waals surface area contributed by atoms with Gasteiger partial charge < -0.3 is 0 Å². The molecule has 1 unspecified atom stereocenters. The summed E-state index contributed by atoms with van der Waals surface area (Å²) in [6.07, 6.45) is 0. The van der Waals surface area contributed by atoms with Crippen LogP contribution in [0, 0.1) is 0 Å². The van der Waals surface area contributed by atoms with Crippen LogP contribution in [0.15, 0.2) is 279 Å². The van der Waals surface area contributed by atoms with Crippen LogP contribution in [-0.4, -0.2) is 0 Å². The average molecular weight is 875 g/mol. The number of hydrogen-bond donors (Lipinski definition) is 0. The van der Waals surface area contributed by atoms with Crippen LogP contribution in [0.3, 0.4) is 0 Å². The molecule has 69 heavy (non-hydrogen) atoms. The molecule has 0 saturated carbocycles. The molecule has 0 heteroatoms. The zero-order chi connectivity index (χ0) is 45.7. The topological polar surface area (TPSA) is 0 Å². The van der Waals surface area contributed by atoms with Gasteiger partial charge in [0, 0.05) is 0 Å². The highest BCUT2D eigenvalue weighted by atomic mass is 14.5. The van der Waals surface area contributed by atoms with Gasteiger partial charge in [-0.2, -0.15) is 0 Å². The Morgan fingerprint density at radius 1 is 0.188 bits per heavy atom. The molecule has 0 nitrogen and oxygen atoms in total. The van der Waals surface area contributed by atoms with Crippen LogP contribution in [-0.2, 0) is 5.41 Å². The summed E-state index contributed by atoms with van der Waals surface area (Å²) >= 11 is 0. The zero-order valence-electron chi connectivity index (χ0n) is 38.1. The Kier molecular flexibility index (Phi) is 9.84. The van der Waals surface area contributed by atoms with Crippen molar-refractivity contribution >= 4 is 21.5 Å². The third-order valence-electron chi connectivity index (χ3n) is 14.5. The van der Waals surface area contributed by atoms with Crippen LogP contribution < -0.4 is 0 Å². The van der Waals surface area contributed by atoms with Crippen LogP contribution in [0.25, 0.3) is 99.4 Å². The van der Waals surface area contributed by atoms with E-state index in [1.54, 1.807) is 0 Å². The van der Waals surface area contributed by atoms with E-state index in [-0.39, 0.29) is 0 Å². The maximum absolute atomic E-state index is 2.52. The van der Waals surface area contributed by atoms with Gasteiger partial charge in [0.1, 0.15) is 0 Å². The fourth-order valence-corrected chi connectivity index (χ4v) is 11.4. The Bertz CT molecular complexity index is 3740. The lowest BCUT2D eigenvalue weighted by Gasteiger charge is -2.34. The normalized spacial score (nSPS) is 13.9. The molecule has 0 N–H and O–H groups in total. The first-order chi connectivity index (χ1) is 34.2. The monoisotopic (exact) mass is 874 g/mol. The van der Waals surface area contributed by atoms with E-state index in [0.717, 1.165) is 0 Å². The number of benzene rings is 12. The predicted octanol–water partition coefficient (Wildman–Crippen LogP) is 18.4. The summed E-state index contributed by atoms with van der Waals surface area (Å²) in [7, 11) is 0. The van der Waals surface area contributed by atoms with Crippen LogP contribution in [0.2, 0.25) is 0 Å². The van der Waals surface area contributed by atoms with Gasteiger partial charge in [-0.3, -0.25) is 0 Å². The molecule has 0 saturated heterocycles. The lowest BCUT2D eigenvalue weighted by atomic mass is 9.67. The summed E-state index contributed by atoms with van der Waals surface area (Å²) in [5, 5.41) is 4.96. The molecule has 12 aromatic rings. The highest BCUT2D eigenvalue weighted by Crippen LogP contribution is 2.58. The average Bonchev–Trinajstić information content (AvgIpc) is 3.73. The zero-order valence-corrected chi connectivity index (χ0v) is 38.1. The number of rotatable bonds is 8. The van der Waals surface area contributed by atoms with Crippen LogP contribution >= 0.6 is 0 Å². The van der Waals surface area contributed by atoms with Crippen molar-refractivity contribution in [3.05, 3.63) is 301 Å². The summed E-state index contributed by atoms with van der Waals surface area (Å²) in [6, 6.07) is 103. The highest BCUT2D eigenvalue weighted by Gasteiger charge is 2.46. The van der Waals surface area contributed by atoms with E-state index in [4.69, 9.17) is 0 Å². The minimum atomic E-state index is -0.552. The summed E-state index contributed by atoms with van der Waals surface area (Å²) in [4.78, 5) is 0. The second-order valence-electron chi connectivity index (χ2n) is 18.3. The Labute approximate surface area is 404 Å². The molecule has 0 amide bonds. The Morgan fingerprint density at radius 3 is 1.12 bits per heavy atom. The fourth-order valence-electron chi connectivity index (χ4n) is 11.4. The van der Waals surface area contributed by atoms with Crippen molar-refractivity contribution in [1.82, 2.24) is 0 Å². The van der Waals surface area contributed by atoms with Crippen molar-refractivity contribution in [3.8, 4) is 77.9 Å². The SMILES string of the molecule is c1ccc(-c2cc(-c3ccccc3)cc(-c3ccc(-c4c5ccccc5c(-c5ccc6c(c5)C(c5ccccc5)(c5cccc(-c7ccccc7)c5)c5ccccc5-6)c5ccccc45)cc3)c2)cc1. The fraction of sp³-hybridized carbons (Fsp3) is 0.0145. The van der Waals surface area contributed by atoms with Gasteiger partial charge in [-0.25, -0.2) is 0 Å². The molecule has 0 aromatic heterocycles. The van der Waals surface area contributed by atoms with Gasteiger partial charge in [0.2, 0.25) is 0 Å². The Hall–Kier alpha value is -8.84. The summed E-state index contributed by atoms with van der Waals surface area (Å²) in [6.45, 7) is 0. The third-order valence-corrected chi connectivity index (χ3v) is 14.5. The Balaban J connectivity index is 0.989. The van der Waals surface area contributed by atoms with Gasteiger partial charge in [-0.15, -0.1) is 0 Å². The van der Waals surface area contributed by atoms with Gasteiger partial charge in [-0.1, -0.05) is 249 Å². The summed E-state index contributed by atoms with van der Waals surface area (Å²) in [5.41, 5.74) is 21.7. The van der Waals surface area contributed by atoms with Crippen molar-refractivity contribution in [2.75, 3.05) is 0 Å². The lowest BCUT2D eigenvalue weighted by Crippen LogP contribution is -2.28. The van der Waals surface area contributed by atoms with E-state index in [2.05, 4.69) is 279 Å². The van der Waals surface area contributed by atoms with E-state index >= 15 is 0 Å². The van der Waals surface area contributed by atoms with Crippen LogP contribution in [0.5, 0.6) is 0 Å². The first-order valence-electron chi connectivity index (χ1n) is 24.0. The molecule has 12 aromatic carbocycles. The molecule has 0 spiro atoms. The maximum atomic E-state index is 2.52.